The number of anilines is 1. The number of carboxylic acids is 1. The van der Waals surface area contributed by atoms with Crippen molar-refractivity contribution in [1.29, 1.82) is 0 Å². The molecule has 0 saturated carbocycles. The normalized spacial score (nSPS) is 17.8. The van der Waals surface area contributed by atoms with Crippen molar-refractivity contribution in [2.24, 2.45) is 0 Å². The summed E-state index contributed by atoms with van der Waals surface area (Å²) in [5, 5.41) is 13.5. The molecular formula is C14H18N2O4S. The highest BCUT2D eigenvalue weighted by molar-refractivity contribution is 7.14. The standard InChI is InChI=1S/C14H18N2O4S/c1-2-4-12(17)16-6-3-5-10(16)13(18)15-11-7-9(8-21-11)14(19)20/h7-8,10H,2-6H2,1H3,(H,15,18)(H,19,20). The van der Waals surface area contributed by atoms with Gasteiger partial charge in [0.15, 0.2) is 0 Å². The third-order valence-electron chi connectivity index (χ3n) is 3.43. The Balaban J connectivity index is 2.01. The number of rotatable bonds is 5. The van der Waals surface area contributed by atoms with Crippen LogP contribution in [0.1, 0.15) is 43.0 Å². The van der Waals surface area contributed by atoms with Gasteiger partial charge < -0.3 is 15.3 Å². The number of carbonyl (C=O) groups excluding carboxylic acids is 2. The van der Waals surface area contributed by atoms with Crippen LogP contribution in [0.25, 0.3) is 0 Å². The average molecular weight is 310 g/mol. The highest BCUT2D eigenvalue weighted by atomic mass is 32.1. The van der Waals surface area contributed by atoms with E-state index in [2.05, 4.69) is 5.32 Å². The molecule has 2 N–H and O–H groups in total. The molecule has 7 heteroatoms. The summed E-state index contributed by atoms with van der Waals surface area (Å²) in [5.74, 6) is -1.25. The predicted octanol–water partition coefficient (Wildman–Crippen LogP) is 2.18. The lowest BCUT2D eigenvalue weighted by Crippen LogP contribution is -2.42. The summed E-state index contributed by atoms with van der Waals surface area (Å²) in [6, 6.07) is 0.984. The van der Waals surface area contributed by atoms with Crippen LogP contribution in [0.3, 0.4) is 0 Å². The molecule has 0 spiro atoms. The molecule has 0 bridgehead atoms. The fraction of sp³-hybridized carbons (Fsp3) is 0.500. The lowest BCUT2D eigenvalue weighted by molar-refractivity contribution is -0.136. The number of hydrogen-bond donors (Lipinski definition) is 2. The highest BCUT2D eigenvalue weighted by Gasteiger charge is 2.33. The summed E-state index contributed by atoms with van der Waals surface area (Å²) >= 11 is 1.17. The van der Waals surface area contributed by atoms with Crippen molar-refractivity contribution in [2.75, 3.05) is 11.9 Å². The molecule has 2 heterocycles. The highest BCUT2D eigenvalue weighted by Crippen LogP contribution is 2.24. The van der Waals surface area contributed by atoms with E-state index in [1.165, 1.54) is 22.8 Å². The van der Waals surface area contributed by atoms with Gasteiger partial charge in [-0.25, -0.2) is 4.79 Å². The van der Waals surface area contributed by atoms with E-state index in [0.717, 1.165) is 12.8 Å². The largest absolute Gasteiger partial charge is 0.478 e. The lowest BCUT2D eigenvalue weighted by atomic mass is 10.2. The van der Waals surface area contributed by atoms with Gasteiger partial charge in [-0.05, 0) is 25.3 Å². The molecule has 1 aromatic rings. The van der Waals surface area contributed by atoms with Gasteiger partial charge in [-0.3, -0.25) is 9.59 Å². The van der Waals surface area contributed by atoms with E-state index in [1.807, 2.05) is 6.92 Å². The van der Waals surface area contributed by atoms with Crippen molar-refractivity contribution < 1.29 is 19.5 Å². The second-order valence-electron chi connectivity index (χ2n) is 4.99. The molecule has 2 rings (SSSR count). The van der Waals surface area contributed by atoms with Crippen molar-refractivity contribution in [3.05, 3.63) is 17.0 Å². The molecule has 1 fully saturated rings. The van der Waals surface area contributed by atoms with Crippen molar-refractivity contribution >= 4 is 34.1 Å². The van der Waals surface area contributed by atoms with Gasteiger partial charge in [-0.15, -0.1) is 11.3 Å². The number of hydrogen-bond acceptors (Lipinski definition) is 4. The van der Waals surface area contributed by atoms with Gasteiger partial charge in [-0.1, -0.05) is 6.92 Å². The van der Waals surface area contributed by atoms with Crippen molar-refractivity contribution in [3.63, 3.8) is 0 Å². The van der Waals surface area contributed by atoms with Crippen LogP contribution in [0.5, 0.6) is 0 Å². The summed E-state index contributed by atoms with van der Waals surface area (Å²) < 4.78 is 0. The zero-order valence-electron chi connectivity index (χ0n) is 11.8. The van der Waals surface area contributed by atoms with Crippen molar-refractivity contribution in [3.8, 4) is 0 Å². The van der Waals surface area contributed by atoms with Gasteiger partial charge in [0, 0.05) is 18.3 Å². The van der Waals surface area contributed by atoms with Gasteiger partial charge in [0.1, 0.15) is 6.04 Å². The van der Waals surface area contributed by atoms with Crippen LogP contribution in [-0.2, 0) is 9.59 Å². The molecule has 21 heavy (non-hydrogen) atoms. The molecule has 1 aliphatic rings. The number of amides is 2. The molecule has 2 amide bonds. The third kappa shape index (κ3) is 3.60. The number of likely N-dealkylation sites (tertiary alicyclic amines) is 1. The van der Waals surface area contributed by atoms with E-state index in [0.29, 0.717) is 24.4 Å². The molecule has 0 radical (unpaired) electrons. The van der Waals surface area contributed by atoms with Crippen LogP contribution in [0.4, 0.5) is 5.00 Å². The van der Waals surface area contributed by atoms with E-state index in [-0.39, 0.29) is 17.4 Å². The molecule has 0 aliphatic carbocycles. The molecule has 1 unspecified atom stereocenters. The van der Waals surface area contributed by atoms with E-state index >= 15 is 0 Å². The van der Waals surface area contributed by atoms with Gasteiger partial charge in [0.05, 0.1) is 10.6 Å². The first-order chi connectivity index (χ1) is 10.0. The van der Waals surface area contributed by atoms with Crippen molar-refractivity contribution in [2.45, 2.75) is 38.6 Å². The van der Waals surface area contributed by atoms with Crippen LogP contribution in [0, 0.1) is 0 Å². The topological polar surface area (TPSA) is 86.7 Å². The predicted molar refractivity (Wildman–Crippen MR) is 79.6 cm³/mol. The number of nitrogens with zero attached hydrogens (tertiary/aromatic N) is 1. The number of carbonyl (C=O) groups is 3. The number of carboxylic acid groups (broad SMARTS) is 1. The Kier molecular flexibility index (Phi) is 4.95. The number of aromatic carboxylic acids is 1. The number of thiophene rings is 1. The number of nitrogens with one attached hydrogen (secondary N) is 1. The second-order valence-corrected chi connectivity index (χ2v) is 5.90. The van der Waals surface area contributed by atoms with Crippen LogP contribution in [-0.4, -0.2) is 40.4 Å². The van der Waals surface area contributed by atoms with Gasteiger partial charge in [-0.2, -0.15) is 0 Å². The zero-order valence-corrected chi connectivity index (χ0v) is 12.6. The molecule has 1 aliphatic heterocycles. The maximum Gasteiger partial charge on any atom is 0.336 e. The SMILES string of the molecule is CCCC(=O)N1CCCC1C(=O)Nc1cc(C(=O)O)cs1. The fourth-order valence-electron chi connectivity index (χ4n) is 2.41. The van der Waals surface area contributed by atoms with Gasteiger partial charge in [0.25, 0.3) is 0 Å². The smallest absolute Gasteiger partial charge is 0.336 e. The Hall–Kier alpha value is -1.89. The van der Waals surface area contributed by atoms with E-state index in [1.54, 1.807) is 4.90 Å². The van der Waals surface area contributed by atoms with Gasteiger partial charge >= 0.3 is 5.97 Å². The monoisotopic (exact) mass is 310 g/mol. The molecule has 6 nitrogen and oxygen atoms in total. The summed E-state index contributed by atoms with van der Waals surface area (Å²) in [7, 11) is 0. The first-order valence-corrected chi connectivity index (χ1v) is 7.83. The van der Waals surface area contributed by atoms with Crippen molar-refractivity contribution in [1.82, 2.24) is 4.90 Å². The summed E-state index contributed by atoms with van der Waals surface area (Å²) in [4.78, 5) is 36.7. The molecule has 1 saturated heterocycles. The second kappa shape index (κ2) is 6.71. The Bertz CT molecular complexity index is 555. The molecule has 114 valence electrons. The Morgan fingerprint density at radius 1 is 1.48 bits per heavy atom. The van der Waals surface area contributed by atoms with E-state index < -0.39 is 12.0 Å². The minimum absolute atomic E-state index is 0.00699. The first-order valence-electron chi connectivity index (χ1n) is 6.95. The summed E-state index contributed by atoms with van der Waals surface area (Å²) in [6.07, 6.45) is 2.68. The summed E-state index contributed by atoms with van der Waals surface area (Å²) in [5.41, 5.74) is 0.153. The molecule has 1 atom stereocenters. The fourth-order valence-corrected chi connectivity index (χ4v) is 3.19. The summed E-state index contributed by atoms with van der Waals surface area (Å²) in [6.45, 7) is 2.55. The van der Waals surface area contributed by atoms with Crippen LogP contribution < -0.4 is 5.32 Å². The lowest BCUT2D eigenvalue weighted by Gasteiger charge is -2.23. The minimum atomic E-state index is -1.02. The van der Waals surface area contributed by atoms with Crippen LogP contribution in [0.2, 0.25) is 0 Å². The molecule has 1 aromatic heterocycles. The maximum atomic E-state index is 12.3. The van der Waals surface area contributed by atoms with Crippen LogP contribution >= 0.6 is 11.3 Å². The maximum absolute atomic E-state index is 12.3. The molecular weight excluding hydrogens is 292 g/mol. The average Bonchev–Trinajstić information content (AvgIpc) is 3.07. The zero-order chi connectivity index (χ0) is 15.4. The third-order valence-corrected chi connectivity index (χ3v) is 4.28. The van der Waals surface area contributed by atoms with Gasteiger partial charge in [0.2, 0.25) is 11.8 Å². The Labute approximate surface area is 126 Å². The molecule has 0 aromatic carbocycles. The van der Waals surface area contributed by atoms with Crippen LogP contribution in [0.15, 0.2) is 11.4 Å². The minimum Gasteiger partial charge on any atom is -0.478 e. The Morgan fingerprint density at radius 2 is 2.24 bits per heavy atom. The quantitative estimate of drug-likeness (QED) is 0.872. The van der Waals surface area contributed by atoms with E-state index in [4.69, 9.17) is 5.11 Å². The first kappa shape index (κ1) is 15.5. The van der Waals surface area contributed by atoms with E-state index in [9.17, 15) is 14.4 Å². The Morgan fingerprint density at radius 3 is 2.86 bits per heavy atom.